The highest BCUT2D eigenvalue weighted by Crippen LogP contribution is 2.29. The first-order valence-corrected chi connectivity index (χ1v) is 7.80. The third kappa shape index (κ3) is 2.27. The van der Waals surface area contributed by atoms with Gasteiger partial charge in [0.15, 0.2) is 0 Å². The van der Waals surface area contributed by atoms with Gasteiger partial charge in [0, 0.05) is 5.02 Å². The van der Waals surface area contributed by atoms with Gasteiger partial charge in [-0.1, -0.05) is 11.6 Å². The van der Waals surface area contributed by atoms with Gasteiger partial charge >= 0.3 is 0 Å². The summed E-state index contributed by atoms with van der Waals surface area (Å²) in [5.41, 5.74) is 3.23. The Morgan fingerprint density at radius 3 is 2.89 bits per heavy atom. The molecule has 0 N–H and O–H groups in total. The van der Waals surface area contributed by atoms with Crippen molar-refractivity contribution in [3.8, 4) is 0 Å². The number of hydrogen-bond donors (Lipinski definition) is 0. The molecule has 2 heterocycles. The predicted octanol–water partition coefficient (Wildman–Crippen LogP) is 5.10. The molecule has 2 aromatic heterocycles. The van der Waals surface area contributed by atoms with Crippen LogP contribution in [0.4, 0.5) is 0 Å². The van der Waals surface area contributed by atoms with Crippen LogP contribution in [0.3, 0.4) is 0 Å². The molecule has 1 unspecified atom stereocenters. The summed E-state index contributed by atoms with van der Waals surface area (Å²) < 4.78 is 2.18. The lowest BCUT2D eigenvalue weighted by atomic mass is 10.1. The fourth-order valence-corrected chi connectivity index (χ4v) is 3.41. The second kappa shape index (κ2) is 5.16. The average Bonchev–Trinajstić information content (AvgIpc) is 3.04. The molecule has 19 heavy (non-hydrogen) atoms. The second-order valence-corrected chi connectivity index (χ2v) is 5.88. The molecule has 1 atom stereocenters. The molecule has 0 aliphatic rings. The third-order valence-electron chi connectivity index (χ3n) is 3.26. The van der Waals surface area contributed by atoms with E-state index in [-0.39, 0.29) is 6.04 Å². The molecular formula is C14H12Cl2N2S. The lowest BCUT2D eigenvalue weighted by molar-refractivity contribution is 0.636. The van der Waals surface area contributed by atoms with Gasteiger partial charge in [-0.3, -0.25) is 0 Å². The Kier molecular flexibility index (Phi) is 3.52. The van der Waals surface area contributed by atoms with Crippen molar-refractivity contribution in [2.75, 3.05) is 0 Å². The van der Waals surface area contributed by atoms with Crippen molar-refractivity contribution in [2.24, 2.45) is 0 Å². The number of hydrogen-bond acceptors (Lipinski definition) is 2. The zero-order chi connectivity index (χ0) is 13.4. The van der Waals surface area contributed by atoms with Gasteiger partial charge in [0.25, 0.3) is 0 Å². The summed E-state index contributed by atoms with van der Waals surface area (Å²) in [5, 5.41) is 4.94. The van der Waals surface area contributed by atoms with Crippen LogP contribution in [0.1, 0.15) is 24.4 Å². The molecule has 3 aromatic rings. The summed E-state index contributed by atoms with van der Waals surface area (Å²) in [4.78, 5) is 4.57. The molecule has 2 nitrogen and oxygen atoms in total. The molecule has 0 fully saturated rings. The maximum Gasteiger partial charge on any atom is 0.125 e. The second-order valence-electron chi connectivity index (χ2n) is 4.40. The van der Waals surface area contributed by atoms with Crippen LogP contribution in [0.15, 0.2) is 35.0 Å². The van der Waals surface area contributed by atoms with E-state index in [1.54, 1.807) is 11.3 Å². The highest BCUT2D eigenvalue weighted by atomic mass is 35.5. The number of benzene rings is 1. The molecule has 0 radical (unpaired) electrons. The van der Waals surface area contributed by atoms with Crippen LogP contribution in [0, 0.1) is 0 Å². The molecule has 0 aliphatic carbocycles. The fraction of sp³-hybridized carbons (Fsp3) is 0.214. The van der Waals surface area contributed by atoms with E-state index >= 15 is 0 Å². The van der Waals surface area contributed by atoms with Gasteiger partial charge in [-0.2, -0.15) is 11.3 Å². The van der Waals surface area contributed by atoms with E-state index in [1.165, 1.54) is 5.56 Å². The Morgan fingerprint density at radius 2 is 2.21 bits per heavy atom. The number of halogens is 2. The molecule has 0 saturated carbocycles. The van der Waals surface area contributed by atoms with Crippen molar-refractivity contribution in [3.05, 3.63) is 51.4 Å². The molecule has 0 saturated heterocycles. The summed E-state index contributed by atoms with van der Waals surface area (Å²) in [7, 11) is 0. The lowest BCUT2D eigenvalue weighted by Crippen LogP contribution is -2.09. The van der Waals surface area contributed by atoms with Gasteiger partial charge in [-0.05, 0) is 47.5 Å². The van der Waals surface area contributed by atoms with Crippen LogP contribution in [-0.2, 0) is 5.88 Å². The molecule has 0 bridgehead atoms. The first kappa shape index (κ1) is 13.0. The van der Waals surface area contributed by atoms with Gasteiger partial charge in [-0.15, -0.1) is 11.6 Å². The highest BCUT2D eigenvalue weighted by molar-refractivity contribution is 7.07. The normalized spacial score (nSPS) is 13.0. The summed E-state index contributed by atoms with van der Waals surface area (Å²) in [6.07, 6.45) is 0. The lowest BCUT2D eigenvalue weighted by Gasteiger charge is -2.16. The molecule has 1 aromatic carbocycles. The van der Waals surface area contributed by atoms with Crippen molar-refractivity contribution in [1.82, 2.24) is 9.55 Å². The summed E-state index contributed by atoms with van der Waals surface area (Å²) in [5.74, 6) is 1.26. The summed E-state index contributed by atoms with van der Waals surface area (Å²) in [6.45, 7) is 2.16. The van der Waals surface area contributed by atoms with Gasteiger partial charge < -0.3 is 4.57 Å². The Bertz CT molecular complexity index is 704. The molecule has 0 aliphatic heterocycles. The molecular weight excluding hydrogens is 299 g/mol. The van der Waals surface area contributed by atoms with E-state index in [1.807, 2.05) is 18.2 Å². The molecule has 5 heteroatoms. The van der Waals surface area contributed by atoms with Gasteiger partial charge in [0.1, 0.15) is 5.82 Å². The minimum Gasteiger partial charge on any atom is -0.320 e. The minimum atomic E-state index is 0.214. The Hall–Kier alpha value is -1.03. The average molecular weight is 311 g/mol. The van der Waals surface area contributed by atoms with E-state index in [0.717, 1.165) is 16.9 Å². The van der Waals surface area contributed by atoms with Crippen molar-refractivity contribution >= 4 is 45.6 Å². The van der Waals surface area contributed by atoms with Crippen LogP contribution in [0.2, 0.25) is 5.02 Å². The van der Waals surface area contributed by atoms with E-state index in [2.05, 4.69) is 33.3 Å². The van der Waals surface area contributed by atoms with E-state index in [4.69, 9.17) is 23.2 Å². The molecule has 0 spiro atoms. The first-order valence-electron chi connectivity index (χ1n) is 5.95. The highest BCUT2D eigenvalue weighted by Gasteiger charge is 2.17. The van der Waals surface area contributed by atoms with Gasteiger partial charge in [0.2, 0.25) is 0 Å². The first-order chi connectivity index (χ1) is 9.20. The van der Waals surface area contributed by atoms with E-state index in [9.17, 15) is 0 Å². The number of fused-ring (bicyclic) bond motifs is 1. The zero-order valence-electron chi connectivity index (χ0n) is 10.3. The maximum atomic E-state index is 6.04. The smallest absolute Gasteiger partial charge is 0.125 e. The number of imidazole rings is 1. The molecule has 3 rings (SSSR count). The predicted molar refractivity (Wildman–Crippen MR) is 82.4 cm³/mol. The van der Waals surface area contributed by atoms with Crippen molar-refractivity contribution in [2.45, 2.75) is 18.8 Å². The minimum absolute atomic E-state index is 0.214. The Morgan fingerprint density at radius 1 is 1.37 bits per heavy atom. The number of rotatable bonds is 3. The van der Waals surface area contributed by atoms with Crippen molar-refractivity contribution in [1.29, 1.82) is 0 Å². The summed E-state index contributed by atoms with van der Waals surface area (Å²) in [6, 6.07) is 8.12. The van der Waals surface area contributed by atoms with Crippen LogP contribution in [-0.4, -0.2) is 9.55 Å². The zero-order valence-corrected chi connectivity index (χ0v) is 12.6. The van der Waals surface area contributed by atoms with Crippen LogP contribution >= 0.6 is 34.5 Å². The standard InChI is InChI=1S/C14H12Cl2N2S/c1-9(10-4-5-19-8-10)18-13-3-2-11(16)6-12(13)17-14(18)7-15/h2-6,8-9H,7H2,1H3. The third-order valence-corrected chi connectivity index (χ3v) is 4.43. The molecule has 0 amide bonds. The number of nitrogens with zero attached hydrogens (tertiary/aromatic N) is 2. The van der Waals surface area contributed by atoms with Crippen LogP contribution < -0.4 is 0 Å². The Balaban J connectivity index is 2.21. The summed E-state index contributed by atoms with van der Waals surface area (Å²) >= 11 is 13.8. The van der Waals surface area contributed by atoms with E-state index in [0.29, 0.717) is 10.9 Å². The van der Waals surface area contributed by atoms with E-state index < -0.39 is 0 Å². The van der Waals surface area contributed by atoms with Gasteiger partial charge in [0.05, 0.1) is 23.0 Å². The SMILES string of the molecule is CC(c1ccsc1)n1c(CCl)nc2cc(Cl)ccc21. The van der Waals surface area contributed by atoms with Crippen LogP contribution in [0.25, 0.3) is 11.0 Å². The van der Waals surface area contributed by atoms with Crippen LogP contribution in [0.5, 0.6) is 0 Å². The number of aromatic nitrogens is 2. The molecule has 98 valence electrons. The topological polar surface area (TPSA) is 17.8 Å². The Labute approximate surface area is 125 Å². The quantitative estimate of drug-likeness (QED) is 0.615. The fourth-order valence-electron chi connectivity index (χ4n) is 2.31. The maximum absolute atomic E-state index is 6.04. The van der Waals surface area contributed by atoms with Crippen molar-refractivity contribution < 1.29 is 0 Å². The number of alkyl halides is 1. The largest absolute Gasteiger partial charge is 0.320 e. The monoisotopic (exact) mass is 310 g/mol. The van der Waals surface area contributed by atoms with Gasteiger partial charge in [-0.25, -0.2) is 4.98 Å². The van der Waals surface area contributed by atoms with Crippen molar-refractivity contribution in [3.63, 3.8) is 0 Å². The number of thiophene rings is 1.